The van der Waals surface area contributed by atoms with Crippen LogP contribution >= 0.6 is 0 Å². The van der Waals surface area contributed by atoms with E-state index in [1.807, 2.05) is 25.1 Å². The van der Waals surface area contributed by atoms with E-state index in [4.69, 9.17) is 0 Å². The summed E-state index contributed by atoms with van der Waals surface area (Å²) in [4.78, 5) is 22.2. The highest BCUT2D eigenvalue weighted by atomic mass is 16.5. The lowest BCUT2D eigenvalue weighted by atomic mass is 10.1. The SMILES string of the molecule is COC(=O)CCNC(=O)NCCc1cccc(C)c1. The molecule has 0 saturated heterocycles. The molecule has 0 unspecified atom stereocenters. The Hall–Kier alpha value is -2.04. The quantitative estimate of drug-likeness (QED) is 0.763. The lowest BCUT2D eigenvalue weighted by Crippen LogP contribution is -2.37. The van der Waals surface area contributed by atoms with Crippen molar-refractivity contribution in [2.75, 3.05) is 20.2 Å². The third kappa shape index (κ3) is 6.45. The molecule has 2 amide bonds. The van der Waals surface area contributed by atoms with Crippen LogP contribution in [0.25, 0.3) is 0 Å². The maximum Gasteiger partial charge on any atom is 0.314 e. The normalized spacial score (nSPS) is 9.79. The average molecular weight is 264 g/mol. The number of urea groups is 1. The molecule has 5 nitrogen and oxygen atoms in total. The largest absolute Gasteiger partial charge is 0.469 e. The van der Waals surface area contributed by atoms with Crippen LogP contribution in [0, 0.1) is 6.92 Å². The van der Waals surface area contributed by atoms with Gasteiger partial charge in [-0.15, -0.1) is 0 Å². The zero-order chi connectivity index (χ0) is 14.1. The van der Waals surface area contributed by atoms with E-state index in [-0.39, 0.29) is 25.0 Å². The number of rotatable bonds is 6. The topological polar surface area (TPSA) is 67.4 Å². The van der Waals surface area contributed by atoms with Crippen LogP contribution in [0.3, 0.4) is 0 Å². The summed E-state index contributed by atoms with van der Waals surface area (Å²) in [5.41, 5.74) is 2.40. The molecule has 104 valence electrons. The van der Waals surface area contributed by atoms with E-state index in [1.54, 1.807) is 0 Å². The van der Waals surface area contributed by atoms with Gasteiger partial charge in [0, 0.05) is 13.1 Å². The van der Waals surface area contributed by atoms with E-state index in [0.717, 1.165) is 6.42 Å². The van der Waals surface area contributed by atoms with Gasteiger partial charge in [-0.1, -0.05) is 29.8 Å². The second-order valence-corrected chi connectivity index (χ2v) is 4.25. The smallest absolute Gasteiger partial charge is 0.314 e. The highest BCUT2D eigenvalue weighted by Crippen LogP contribution is 2.03. The third-order valence-corrected chi connectivity index (χ3v) is 2.62. The van der Waals surface area contributed by atoms with Crippen LogP contribution in [-0.2, 0) is 16.0 Å². The summed E-state index contributed by atoms with van der Waals surface area (Å²) in [6, 6.07) is 7.90. The minimum atomic E-state index is -0.333. The van der Waals surface area contributed by atoms with Gasteiger partial charge in [0.1, 0.15) is 0 Å². The van der Waals surface area contributed by atoms with Crippen molar-refractivity contribution in [1.82, 2.24) is 10.6 Å². The second kappa shape index (κ2) is 8.13. The van der Waals surface area contributed by atoms with Gasteiger partial charge < -0.3 is 15.4 Å². The zero-order valence-electron chi connectivity index (χ0n) is 11.4. The number of benzene rings is 1. The Morgan fingerprint density at radius 2 is 1.95 bits per heavy atom. The molecule has 0 aliphatic carbocycles. The molecular weight excluding hydrogens is 244 g/mol. The molecule has 19 heavy (non-hydrogen) atoms. The molecular formula is C14H20N2O3. The predicted molar refractivity (Wildman–Crippen MR) is 72.9 cm³/mol. The molecule has 5 heteroatoms. The highest BCUT2D eigenvalue weighted by molar-refractivity contribution is 5.75. The second-order valence-electron chi connectivity index (χ2n) is 4.25. The van der Waals surface area contributed by atoms with Crippen LogP contribution in [0.1, 0.15) is 17.5 Å². The first-order valence-corrected chi connectivity index (χ1v) is 6.26. The molecule has 1 rings (SSSR count). The predicted octanol–water partition coefficient (Wildman–Crippen LogP) is 1.40. The molecule has 2 N–H and O–H groups in total. The maximum absolute atomic E-state index is 11.4. The van der Waals surface area contributed by atoms with Gasteiger partial charge in [0.25, 0.3) is 0 Å². The van der Waals surface area contributed by atoms with Crippen molar-refractivity contribution in [3.63, 3.8) is 0 Å². The van der Waals surface area contributed by atoms with E-state index >= 15 is 0 Å². The van der Waals surface area contributed by atoms with Gasteiger partial charge in [-0.05, 0) is 18.9 Å². The number of carbonyl (C=O) groups is 2. The Balaban J connectivity index is 2.15. The van der Waals surface area contributed by atoms with E-state index in [2.05, 4.69) is 21.4 Å². The first-order valence-electron chi connectivity index (χ1n) is 6.26. The van der Waals surface area contributed by atoms with Crippen LogP contribution in [0.15, 0.2) is 24.3 Å². The van der Waals surface area contributed by atoms with Gasteiger partial charge >= 0.3 is 12.0 Å². The molecule has 0 aromatic heterocycles. The molecule has 0 saturated carbocycles. The summed E-state index contributed by atoms with van der Waals surface area (Å²) in [7, 11) is 1.32. The summed E-state index contributed by atoms with van der Waals surface area (Å²) >= 11 is 0. The number of carbonyl (C=O) groups excluding carboxylic acids is 2. The molecule has 0 spiro atoms. The van der Waals surface area contributed by atoms with Crippen molar-refractivity contribution in [3.8, 4) is 0 Å². The van der Waals surface area contributed by atoms with E-state index in [0.29, 0.717) is 6.54 Å². The Morgan fingerprint density at radius 1 is 1.21 bits per heavy atom. The van der Waals surface area contributed by atoms with E-state index in [9.17, 15) is 9.59 Å². The Labute approximate surface area is 113 Å². The van der Waals surface area contributed by atoms with Gasteiger partial charge in [0.15, 0.2) is 0 Å². The fourth-order valence-corrected chi connectivity index (χ4v) is 1.63. The average Bonchev–Trinajstić information content (AvgIpc) is 2.38. The van der Waals surface area contributed by atoms with Crippen molar-refractivity contribution in [2.24, 2.45) is 0 Å². The van der Waals surface area contributed by atoms with Crippen LogP contribution < -0.4 is 10.6 Å². The third-order valence-electron chi connectivity index (χ3n) is 2.62. The highest BCUT2D eigenvalue weighted by Gasteiger charge is 2.03. The van der Waals surface area contributed by atoms with Crippen molar-refractivity contribution >= 4 is 12.0 Å². The van der Waals surface area contributed by atoms with Crippen LogP contribution in [-0.4, -0.2) is 32.2 Å². The Bertz CT molecular complexity index is 432. The maximum atomic E-state index is 11.4. The lowest BCUT2D eigenvalue weighted by Gasteiger charge is -2.07. The summed E-state index contributed by atoms with van der Waals surface area (Å²) in [5, 5.41) is 5.33. The molecule has 0 aliphatic rings. The fourth-order valence-electron chi connectivity index (χ4n) is 1.63. The standard InChI is InChI=1S/C14H20N2O3/c1-11-4-3-5-12(10-11)6-8-15-14(18)16-9-7-13(17)19-2/h3-5,10H,6-9H2,1-2H3,(H2,15,16,18). The molecule has 0 radical (unpaired) electrons. The minimum Gasteiger partial charge on any atom is -0.469 e. The molecule has 1 aromatic carbocycles. The van der Waals surface area contributed by atoms with Gasteiger partial charge in [-0.25, -0.2) is 4.79 Å². The van der Waals surface area contributed by atoms with Gasteiger partial charge in [-0.3, -0.25) is 4.79 Å². The molecule has 0 fully saturated rings. The van der Waals surface area contributed by atoms with Crippen LogP contribution in [0.5, 0.6) is 0 Å². The van der Waals surface area contributed by atoms with Crippen molar-refractivity contribution in [3.05, 3.63) is 35.4 Å². The van der Waals surface area contributed by atoms with Gasteiger partial charge in [-0.2, -0.15) is 0 Å². The number of hydrogen-bond donors (Lipinski definition) is 2. The monoisotopic (exact) mass is 264 g/mol. The zero-order valence-corrected chi connectivity index (χ0v) is 11.4. The van der Waals surface area contributed by atoms with Gasteiger partial charge in [0.05, 0.1) is 13.5 Å². The van der Waals surface area contributed by atoms with Crippen LogP contribution in [0.4, 0.5) is 4.79 Å². The first-order chi connectivity index (χ1) is 9.11. The van der Waals surface area contributed by atoms with Crippen molar-refractivity contribution < 1.29 is 14.3 Å². The van der Waals surface area contributed by atoms with Gasteiger partial charge in [0.2, 0.25) is 0 Å². The van der Waals surface area contributed by atoms with Crippen molar-refractivity contribution in [2.45, 2.75) is 19.8 Å². The molecule has 1 aromatic rings. The molecule has 0 heterocycles. The lowest BCUT2D eigenvalue weighted by molar-refractivity contribution is -0.140. The summed E-state index contributed by atoms with van der Waals surface area (Å²) in [5.74, 6) is -0.333. The number of methoxy groups -OCH3 is 1. The van der Waals surface area contributed by atoms with E-state index < -0.39 is 0 Å². The number of nitrogens with one attached hydrogen (secondary N) is 2. The number of esters is 1. The fraction of sp³-hybridized carbons (Fsp3) is 0.429. The Kier molecular flexibility index (Phi) is 6.43. The summed E-state index contributed by atoms with van der Waals surface area (Å²) in [6.07, 6.45) is 0.966. The van der Waals surface area contributed by atoms with E-state index in [1.165, 1.54) is 18.2 Å². The first kappa shape index (κ1) is 15.0. The summed E-state index contributed by atoms with van der Waals surface area (Å²) in [6.45, 7) is 2.88. The molecule has 0 atom stereocenters. The number of amides is 2. The molecule has 0 aliphatic heterocycles. The Morgan fingerprint density at radius 3 is 2.63 bits per heavy atom. The van der Waals surface area contributed by atoms with Crippen molar-refractivity contribution in [1.29, 1.82) is 0 Å². The summed E-state index contributed by atoms with van der Waals surface area (Å²) < 4.78 is 4.47. The number of aryl methyl sites for hydroxylation is 1. The van der Waals surface area contributed by atoms with Crippen LogP contribution in [0.2, 0.25) is 0 Å². The number of hydrogen-bond acceptors (Lipinski definition) is 3. The number of ether oxygens (including phenoxy) is 1. The minimum absolute atomic E-state index is 0.182. The molecule has 0 bridgehead atoms.